The summed E-state index contributed by atoms with van der Waals surface area (Å²) in [6.07, 6.45) is 0.0872. The summed E-state index contributed by atoms with van der Waals surface area (Å²) >= 11 is 7.65. The van der Waals surface area contributed by atoms with Crippen molar-refractivity contribution in [3.8, 4) is 0 Å². The van der Waals surface area contributed by atoms with Gasteiger partial charge in [0.15, 0.2) is 0 Å². The van der Waals surface area contributed by atoms with Crippen molar-refractivity contribution < 1.29 is 5.11 Å². The molecule has 2 N–H and O–H groups in total. The van der Waals surface area contributed by atoms with E-state index in [1.54, 1.807) is 11.3 Å². The van der Waals surface area contributed by atoms with Crippen LogP contribution in [0.1, 0.15) is 34.6 Å². The molecule has 1 aromatic heterocycles. The van der Waals surface area contributed by atoms with E-state index in [0.29, 0.717) is 11.4 Å². The van der Waals surface area contributed by atoms with E-state index in [9.17, 15) is 5.11 Å². The van der Waals surface area contributed by atoms with Crippen LogP contribution in [-0.2, 0) is 0 Å². The van der Waals surface area contributed by atoms with Gasteiger partial charge in [-0.2, -0.15) is 0 Å². The number of aliphatic hydroxyl groups is 1. The van der Waals surface area contributed by atoms with Crippen molar-refractivity contribution in [3.05, 3.63) is 87.1 Å². The van der Waals surface area contributed by atoms with Gasteiger partial charge in [0.25, 0.3) is 0 Å². The van der Waals surface area contributed by atoms with Gasteiger partial charge in [-0.1, -0.05) is 47.5 Å². The van der Waals surface area contributed by atoms with Gasteiger partial charge in [0, 0.05) is 22.0 Å². The first-order chi connectivity index (χ1) is 11.6. The average molecular weight is 358 g/mol. The highest BCUT2D eigenvalue weighted by Gasteiger charge is 2.18. The zero-order valence-electron chi connectivity index (χ0n) is 13.4. The molecule has 0 aliphatic heterocycles. The van der Waals surface area contributed by atoms with Crippen LogP contribution in [0.5, 0.6) is 0 Å². The predicted molar refractivity (Wildman–Crippen MR) is 103 cm³/mol. The lowest BCUT2D eigenvalue weighted by Crippen LogP contribution is -2.13. The number of hydrogen-bond donors (Lipinski definition) is 2. The van der Waals surface area contributed by atoms with Gasteiger partial charge in [0.1, 0.15) is 0 Å². The lowest BCUT2D eigenvalue weighted by atomic mass is 10.00. The normalized spacial score (nSPS) is 13.5. The number of anilines is 1. The van der Waals surface area contributed by atoms with E-state index >= 15 is 0 Å². The molecule has 0 bridgehead atoms. The number of aryl methyl sites for hydroxylation is 1. The highest BCUT2D eigenvalue weighted by atomic mass is 35.5. The van der Waals surface area contributed by atoms with Crippen molar-refractivity contribution in [2.24, 2.45) is 0 Å². The van der Waals surface area contributed by atoms with Crippen LogP contribution in [0, 0.1) is 6.92 Å². The first kappa shape index (κ1) is 17.0. The molecule has 2 unspecified atom stereocenters. The first-order valence-electron chi connectivity index (χ1n) is 7.92. The summed E-state index contributed by atoms with van der Waals surface area (Å²) in [5.74, 6) is 0. The Bertz CT molecular complexity index is 753. The Labute approximate surface area is 151 Å². The topological polar surface area (TPSA) is 32.3 Å². The zero-order chi connectivity index (χ0) is 16.9. The highest BCUT2D eigenvalue weighted by Crippen LogP contribution is 2.32. The van der Waals surface area contributed by atoms with E-state index in [4.69, 9.17) is 11.6 Å². The van der Waals surface area contributed by atoms with Gasteiger partial charge in [0.2, 0.25) is 0 Å². The Balaban J connectivity index is 1.77. The molecule has 0 fully saturated rings. The highest BCUT2D eigenvalue weighted by molar-refractivity contribution is 7.10. The van der Waals surface area contributed by atoms with E-state index in [2.05, 4.69) is 16.8 Å². The molecule has 4 heteroatoms. The maximum atomic E-state index is 10.6. The molecule has 124 valence electrons. The summed E-state index contributed by atoms with van der Waals surface area (Å²) in [7, 11) is 0. The van der Waals surface area contributed by atoms with Crippen LogP contribution in [0.2, 0.25) is 5.02 Å². The number of halogens is 1. The molecular weight excluding hydrogens is 338 g/mol. The number of benzene rings is 2. The molecule has 0 saturated heterocycles. The van der Waals surface area contributed by atoms with Crippen LogP contribution in [0.15, 0.2) is 66.0 Å². The second kappa shape index (κ2) is 7.84. The monoisotopic (exact) mass is 357 g/mol. The SMILES string of the molecule is Cc1ccc(C(O)CC(Nc2ccc(Cl)cc2)c2cccs2)cc1. The third-order valence-electron chi connectivity index (χ3n) is 3.99. The number of nitrogens with one attached hydrogen (secondary N) is 1. The second-order valence-electron chi connectivity index (χ2n) is 5.88. The molecule has 2 aromatic carbocycles. The fourth-order valence-electron chi connectivity index (χ4n) is 2.63. The molecule has 0 spiro atoms. The quantitative estimate of drug-likeness (QED) is 0.568. The van der Waals surface area contributed by atoms with Gasteiger partial charge in [-0.15, -0.1) is 11.3 Å². The summed E-state index contributed by atoms with van der Waals surface area (Å²) in [6.45, 7) is 2.05. The van der Waals surface area contributed by atoms with E-state index < -0.39 is 6.10 Å². The Kier molecular flexibility index (Phi) is 5.56. The van der Waals surface area contributed by atoms with Crippen molar-refractivity contribution in [2.75, 3.05) is 5.32 Å². The molecule has 0 amide bonds. The molecular formula is C20H20ClNOS. The molecule has 1 heterocycles. The summed E-state index contributed by atoms with van der Waals surface area (Å²) in [5.41, 5.74) is 3.13. The van der Waals surface area contributed by atoms with Crippen LogP contribution < -0.4 is 5.32 Å². The molecule has 24 heavy (non-hydrogen) atoms. The van der Waals surface area contributed by atoms with Gasteiger partial charge in [-0.05, 0) is 48.2 Å². The molecule has 0 radical (unpaired) electrons. The van der Waals surface area contributed by atoms with Crippen LogP contribution >= 0.6 is 22.9 Å². The van der Waals surface area contributed by atoms with Crippen molar-refractivity contribution in [1.29, 1.82) is 0 Å². The molecule has 3 rings (SSSR count). The standard InChI is InChI=1S/C20H20ClNOS/c1-14-4-6-15(7-5-14)19(23)13-18(20-3-2-12-24-20)22-17-10-8-16(21)9-11-17/h2-12,18-19,22-23H,13H2,1H3. The average Bonchev–Trinajstić information content (AvgIpc) is 3.11. The zero-order valence-corrected chi connectivity index (χ0v) is 15.0. The Hall–Kier alpha value is -1.81. The number of rotatable bonds is 6. The number of hydrogen-bond acceptors (Lipinski definition) is 3. The molecule has 0 aliphatic carbocycles. The van der Waals surface area contributed by atoms with Gasteiger partial charge in [-0.25, -0.2) is 0 Å². The van der Waals surface area contributed by atoms with E-state index in [0.717, 1.165) is 11.3 Å². The second-order valence-corrected chi connectivity index (χ2v) is 7.30. The Morgan fingerprint density at radius 3 is 2.38 bits per heavy atom. The lowest BCUT2D eigenvalue weighted by molar-refractivity contribution is 0.161. The number of thiophene rings is 1. The van der Waals surface area contributed by atoms with Crippen molar-refractivity contribution in [1.82, 2.24) is 0 Å². The molecule has 3 aromatic rings. The molecule has 2 nitrogen and oxygen atoms in total. The minimum atomic E-state index is -0.516. The van der Waals surface area contributed by atoms with Crippen LogP contribution in [-0.4, -0.2) is 5.11 Å². The van der Waals surface area contributed by atoms with E-state index in [1.165, 1.54) is 10.4 Å². The maximum Gasteiger partial charge on any atom is 0.0813 e. The van der Waals surface area contributed by atoms with Crippen LogP contribution in [0.4, 0.5) is 5.69 Å². The van der Waals surface area contributed by atoms with Crippen molar-refractivity contribution in [3.63, 3.8) is 0 Å². The van der Waals surface area contributed by atoms with Gasteiger partial charge < -0.3 is 10.4 Å². The lowest BCUT2D eigenvalue weighted by Gasteiger charge is -2.22. The number of aliphatic hydroxyl groups excluding tert-OH is 1. The predicted octanol–water partition coefficient (Wildman–Crippen LogP) is 5.99. The van der Waals surface area contributed by atoms with Crippen LogP contribution in [0.25, 0.3) is 0 Å². The fourth-order valence-corrected chi connectivity index (χ4v) is 3.55. The van der Waals surface area contributed by atoms with Gasteiger partial charge >= 0.3 is 0 Å². The Morgan fingerprint density at radius 1 is 1.04 bits per heavy atom. The smallest absolute Gasteiger partial charge is 0.0813 e. The van der Waals surface area contributed by atoms with Crippen LogP contribution in [0.3, 0.4) is 0 Å². The van der Waals surface area contributed by atoms with Gasteiger partial charge in [-0.3, -0.25) is 0 Å². The summed E-state index contributed by atoms with van der Waals surface area (Å²) in [5, 5.41) is 16.9. The molecule has 0 saturated carbocycles. The first-order valence-corrected chi connectivity index (χ1v) is 9.18. The van der Waals surface area contributed by atoms with E-state index in [-0.39, 0.29) is 6.04 Å². The summed E-state index contributed by atoms with van der Waals surface area (Å²) in [4.78, 5) is 1.20. The summed E-state index contributed by atoms with van der Waals surface area (Å²) < 4.78 is 0. The van der Waals surface area contributed by atoms with Crippen molar-refractivity contribution >= 4 is 28.6 Å². The minimum absolute atomic E-state index is 0.0440. The third kappa shape index (κ3) is 4.38. The largest absolute Gasteiger partial charge is 0.388 e. The molecule has 2 atom stereocenters. The summed E-state index contributed by atoms with van der Waals surface area (Å²) in [6, 6.07) is 19.9. The van der Waals surface area contributed by atoms with Gasteiger partial charge in [0.05, 0.1) is 12.1 Å². The fraction of sp³-hybridized carbons (Fsp3) is 0.200. The van der Waals surface area contributed by atoms with E-state index in [1.807, 2.05) is 61.5 Å². The minimum Gasteiger partial charge on any atom is -0.388 e. The van der Waals surface area contributed by atoms with Crippen molar-refractivity contribution in [2.45, 2.75) is 25.5 Å². The third-order valence-corrected chi connectivity index (χ3v) is 5.23. The maximum absolute atomic E-state index is 10.6. The molecule has 0 aliphatic rings. The Morgan fingerprint density at radius 2 is 1.75 bits per heavy atom.